The molecule has 1 saturated heterocycles. The standard InChI is InChI=1S/C19H20N6O2S/c20-19-21-7-6-17(23-19)14-4-2-8-24(10-14)11-15-12-28-18(22-15)13-3-1-5-16(9-13)25(26)27/h1,3,5-7,9,12,14H,2,4,8,10-11H2,(H2,20,21,23)/t14-/m1/s1. The van der Waals surface area contributed by atoms with Crippen LogP contribution in [0, 0.1) is 10.1 Å². The fourth-order valence-corrected chi connectivity index (χ4v) is 4.36. The molecule has 0 unspecified atom stereocenters. The molecule has 1 aliphatic rings. The monoisotopic (exact) mass is 396 g/mol. The normalized spacial score (nSPS) is 17.5. The van der Waals surface area contributed by atoms with Gasteiger partial charge in [-0.2, -0.15) is 0 Å². The van der Waals surface area contributed by atoms with Crippen LogP contribution in [0.3, 0.4) is 0 Å². The quantitative estimate of drug-likeness (QED) is 0.519. The van der Waals surface area contributed by atoms with E-state index < -0.39 is 0 Å². The molecule has 1 aromatic carbocycles. The number of nitro groups is 1. The third-order valence-corrected chi connectivity index (χ3v) is 5.80. The van der Waals surface area contributed by atoms with E-state index in [0.29, 0.717) is 11.9 Å². The maximum atomic E-state index is 11.0. The highest BCUT2D eigenvalue weighted by molar-refractivity contribution is 7.13. The van der Waals surface area contributed by atoms with E-state index in [2.05, 4.69) is 14.9 Å². The maximum Gasteiger partial charge on any atom is 0.270 e. The van der Waals surface area contributed by atoms with Crippen molar-refractivity contribution in [2.24, 2.45) is 0 Å². The number of aromatic nitrogens is 3. The van der Waals surface area contributed by atoms with Gasteiger partial charge in [0.25, 0.3) is 5.69 Å². The first-order chi connectivity index (χ1) is 13.6. The van der Waals surface area contributed by atoms with E-state index in [1.807, 2.05) is 17.5 Å². The van der Waals surface area contributed by atoms with Crippen molar-refractivity contribution in [1.82, 2.24) is 19.9 Å². The second-order valence-electron chi connectivity index (χ2n) is 6.87. The molecule has 2 N–H and O–H groups in total. The van der Waals surface area contributed by atoms with Gasteiger partial charge in [-0.3, -0.25) is 15.0 Å². The van der Waals surface area contributed by atoms with Crippen molar-refractivity contribution < 1.29 is 4.92 Å². The predicted molar refractivity (Wildman–Crippen MR) is 108 cm³/mol. The van der Waals surface area contributed by atoms with Crippen LogP contribution in [0.4, 0.5) is 11.6 Å². The topological polar surface area (TPSA) is 111 Å². The molecule has 0 spiro atoms. The largest absolute Gasteiger partial charge is 0.368 e. The number of thiazole rings is 1. The Morgan fingerprint density at radius 2 is 2.21 bits per heavy atom. The fourth-order valence-electron chi connectivity index (χ4n) is 3.55. The Labute approximate surface area is 166 Å². The molecule has 1 atom stereocenters. The minimum atomic E-state index is -0.383. The number of likely N-dealkylation sites (tertiary alicyclic amines) is 1. The summed E-state index contributed by atoms with van der Waals surface area (Å²) in [4.78, 5) is 26.0. The Morgan fingerprint density at radius 1 is 1.32 bits per heavy atom. The molecule has 0 radical (unpaired) electrons. The molecule has 8 nitrogen and oxygen atoms in total. The zero-order valence-electron chi connectivity index (χ0n) is 15.2. The minimum absolute atomic E-state index is 0.0808. The van der Waals surface area contributed by atoms with Crippen LogP contribution in [0.25, 0.3) is 10.6 Å². The second-order valence-corrected chi connectivity index (χ2v) is 7.72. The molecule has 4 rings (SSSR count). The van der Waals surface area contributed by atoms with Crippen LogP contribution in [0.2, 0.25) is 0 Å². The van der Waals surface area contributed by atoms with Crippen LogP contribution < -0.4 is 5.73 Å². The van der Waals surface area contributed by atoms with Crippen LogP contribution in [0.5, 0.6) is 0 Å². The Kier molecular flexibility index (Phi) is 5.27. The summed E-state index contributed by atoms with van der Waals surface area (Å²) >= 11 is 1.51. The SMILES string of the molecule is Nc1nccc([C@@H]2CCCN(Cc3csc(-c4cccc([N+](=O)[O-])c4)n3)C2)n1. The number of nitro benzene ring substituents is 1. The van der Waals surface area contributed by atoms with Gasteiger partial charge in [-0.15, -0.1) is 11.3 Å². The number of nitrogens with two attached hydrogens (primary N) is 1. The van der Waals surface area contributed by atoms with E-state index in [9.17, 15) is 10.1 Å². The zero-order valence-corrected chi connectivity index (χ0v) is 16.0. The summed E-state index contributed by atoms with van der Waals surface area (Å²) in [5, 5.41) is 13.8. The van der Waals surface area contributed by atoms with Gasteiger partial charge in [-0.25, -0.2) is 15.0 Å². The van der Waals surface area contributed by atoms with Crippen molar-refractivity contribution in [2.75, 3.05) is 18.8 Å². The molecule has 3 aromatic rings. The average molecular weight is 396 g/mol. The average Bonchev–Trinajstić information content (AvgIpc) is 3.17. The van der Waals surface area contributed by atoms with Crippen molar-refractivity contribution in [1.29, 1.82) is 0 Å². The number of hydrogen-bond donors (Lipinski definition) is 1. The van der Waals surface area contributed by atoms with Crippen LogP contribution in [0.15, 0.2) is 41.9 Å². The summed E-state index contributed by atoms with van der Waals surface area (Å²) < 4.78 is 0. The Hall–Kier alpha value is -2.91. The summed E-state index contributed by atoms with van der Waals surface area (Å²) in [5.74, 6) is 0.657. The van der Waals surface area contributed by atoms with E-state index in [1.165, 1.54) is 17.4 Å². The zero-order chi connectivity index (χ0) is 19.5. The van der Waals surface area contributed by atoms with E-state index in [-0.39, 0.29) is 10.6 Å². The third-order valence-electron chi connectivity index (χ3n) is 4.86. The van der Waals surface area contributed by atoms with Gasteiger partial charge in [0.1, 0.15) is 5.01 Å². The van der Waals surface area contributed by atoms with Gasteiger partial charge in [0.15, 0.2) is 0 Å². The van der Waals surface area contributed by atoms with E-state index in [1.54, 1.807) is 18.3 Å². The molecule has 0 amide bonds. The van der Waals surface area contributed by atoms with Crippen molar-refractivity contribution in [3.8, 4) is 10.6 Å². The van der Waals surface area contributed by atoms with Gasteiger partial charge in [0.05, 0.1) is 16.3 Å². The molecule has 0 aliphatic carbocycles. The molecule has 144 valence electrons. The Morgan fingerprint density at radius 3 is 3.04 bits per heavy atom. The Bertz CT molecular complexity index is 992. The lowest BCUT2D eigenvalue weighted by Gasteiger charge is -2.31. The number of hydrogen-bond acceptors (Lipinski definition) is 8. The van der Waals surface area contributed by atoms with Crippen LogP contribution in [-0.4, -0.2) is 37.9 Å². The van der Waals surface area contributed by atoms with Gasteiger partial charge >= 0.3 is 0 Å². The van der Waals surface area contributed by atoms with E-state index in [4.69, 9.17) is 10.7 Å². The van der Waals surface area contributed by atoms with Crippen LogP contribution >= 0.6 is 11.3 Å². The predicted octanol–water partition coefficient (Wildman–Crippen LogP) is 3.47. The fraction of sp³-hybridized carbons (Fsp3) is 0.316. The summed E-state index contributed by atoms with van der Waals surface area (Å²) in [7, 11) is 0. The first-order valence-corrected chi connectivity index (χ1v) is 9.96. The van der Waals surface area contributed by atoms with Gasteiger partial charge in [0.2, 0.25) is 5.95 Å². The first-order valence-electron chi connectivity index (χ1n) is 9.08. The minimum Gasteiger partial charge on any atom is -0.368 e. The van der Waals surface area contributed by atoms with Gasteiger partial charge in [-0.1, -0.05) is 12.1 Å². The molecular formula is C19H20N6O2S. The smallest absolute Gasteiger partial charge is 0.270 e. The third kappa shape index (κ3) is 4.15. The molecular weight excluding hydrogens is 376 g/mol. The lowest BCUT2D eigenvalue weighted by atomic mass is 9.94. The van der Waals surface area contributed by atoms with Gasteiger partial charge < -0.3 is 5.73 Å². The number of anilines is 1. The number of nitrogen functional groups attached to an aromatic ring is 1. The van der Waals surface area contributed by atoms with Crippen molar-refractivity contribution in [3.63, 3.8) is 0 Å². The van der Waals surface area contributed by atoms with Gasteiger partial charge in [0, 0.05) is 48.3 Å². The molecule has 1 fully saturated rings. The summed E-state index contributed by atoms with van der Waals surface area (Å²) in [6, 6.07) is 8.54. The van der Waals surface area contributed by atoms with E-state index in [0.717, 1.165) is 54.4 Å². The lowest BCUT2D eigenvalue weighted by Crippen LogP contribution is -2.34. The molecule has 1 aliphatic heterocycles. The number of piperidine rings is 1. The summed E-state index contributed by atoms with van der Waals surface area (Å²) in [5.41, 5.74) is 8.56. The number of non-ortho nitro benzene ring substituents is 1. The van der Waals surface area contributed by atoms with Crippen molar-refractivity contribution in [2.45, 2.75) is 25.3 Å². The van der Waals surface area contributed by atoms with Gasteiger partial charge in [-0.05, 0) is 25.5 Å². The van der Waals surface area contributed by atoms with Crippen LogP contribution in [0.1, 0.15) is 30.1 Å². The molecule has 28 heavy (non-hydrogen) atoms. The molecule has 0 bridgehead atoms. The van der Waals surface area contributed by atoms with Crippen molar-refractivity contribution in [3.05, 3.63) is 63.4 Å². The molecule has 0 saturated carbocycles. The molecule has 9 heteroatoms. The molecule has 3 heterocycles. The highest BCUT2D eigenvalue weighted by Gasteiger charge is 2.23. The first kappa shape index (κ1) is 18.5. The number of benzene rings is 1. The highest BCUT2D eigenvalue weighted by Crippen LogP contribution is 2.29. The lowest BCUT2D eigenvalue weighted by molar-refractivity contribution is -0.384. The van der Waals surface area contributed by atoms with Crippen LogP contribution in [-0.2, 0) is 6.54 Å². The summed E-state index contributed by atoms with van der Waals surface area (Å²) in [6.45, 7) is 2.67. The second kappa shape index (κ2) is 7.99. The molecule has 2 aromatic heterocycles. The highest BCUT2D eigenvalue weighted by atomic mass is 32.1. The number of rotatable bonds is 5. The van der Waals surface area contributed by atoms with E-state index >= 15 is 0 Å². The van der Waals surface area contributed by atoms with Crippen molar-refractivity contribution >= 4 is 23.0 Å². The number of nitrogens with zero attached hydrogens (tertiary/aromatic N) is 5. The summed E-state index contributed by atoms with van der Waals surface area (Å²) in [6.07, 6.45) is 3.89. The Balaban J connectivity index is 1.45. The maximum absolute atomic E-state index is 11.0.